The molecule has 3 nitrogen and oxygen atoms in total. The third-order valence-corrected chi connectivity index (χ3v) is 5.61. The lowest BCUT2D eigenvalue weighted by molar-refractivity contribution is 0.285. The van der Waals surface area contributed by atoms with Crippen LogP contribution in [-0.4, -0.2) is 35.5 Å². The van der Waals surface area contributed by atoms with E-state index in [-0.39, 0.29) is 0 Å². The Morgan fingerprint density at radius 3 is 3.10 bits per heavy atom. The van der Waals surface area contributed by atoms with Gasteiger partial charge in [0.15, 0.2) is 0 Å². The van der Waals surface area contributed by atoms with Gasteiger partial charge >= 0.3 is 0 Å². The van der Waals surface area contributed by atoms with Crippen LogP contribution in [0.25, 0.3) is 11.1 Å². The van der Waals surface area contributed by atoms with Crippen molar-refractivity contribution >= 4 is 17.2 Å². The summed E-state index contributed by atoms with van der Waals surface area (Å²) in [6.45, 7) is 2.35. The predicted octanol–water partition coefficient (Wildman–Crippen LogP) is 3.80. The smallest absolute Gasteiger partial charge is 0.0485 e. The van der Waals surface area contributed by atoms with Gasteiger partial charge in [0.05, 0.1) is 0 Å². The third kappa shape index (κ3) is 2.47. The average Bonchev–Trinajstić information content (AvgIpc) is 3.22. The van der Waals surface area contributed by atoms with Crippen molar-refractivity contribution in [1.29, 1.82) is 0 Å². The maximum atomic E-state index is 4.22. The standard InChI is InChI=1S/C17H21N3S/c1-20-6-2-3-15(20)7-13-9-18-17-5-4-12(8-16(13)17)14-10-19-21-11-14/h4-5,8,10-11,13,15,18H,2-3,6-7,9H2,1H3/t13?,15-/m1/s1. The summed E-state index contributed by atoms with van der Waals surface area (Å²) in [7, 11) is 2.27. The Morgan fingerprint density at radius 2 is 2.33 bits per heavy atom. The summed E-state index contributed by atoms with van der Waals surface area (Å²) in [6, 6.07) is 7.58. The molecule has 4 heteroatoms. The molecular weight excluding hydrogens is 278 g/mol. The van der Waals surface area contributed by atoms with Crippen molar-refractivity contribution in [3.05, 3.63) is 35.3 Å². The first kappa shape index (κ1) is 13.3. The Labute approximate surface area is 130 Å². The summed E-state index contributed by atoms with van der Waals surface area (Å²) in [5.41, 5.74) is 5.37. The molecular formula is C17H21N3S. The average molecular weight is 299 g/mol. The maximum absolute atomic E-state index is 4.22. The van der Waals surface area contributed by atoms with E-state index < -0.39 is 0 Å². The summed E-state index contributed by atoms with van der Waals surface area (Å²) in [6.07, 6.45) is 5.96. The van der Waals surface area contributed by atoms with Crippen molar-refractivity contribution in [1.82, 2.24) is 9.27 Å². The van der Waals surface area contributed by atoms with Gasteiger partial charge in [-0.05, 0) is 67.6 Å². The number of benzene rings is 1. The van der Waals surface area contributed by atoms with E-state index in [0.717, 1.165) is 12.6 Å². The van der Waals surface area contributed by atoms with Crippen molar-refractivity contribution in [3.63, 3.8) is 0 Å². The summed E-state index contributed by atoms with van der Waals surface area (Å²) >= 11 is 1.52. The predicted molar refractivity (Wildman–Crippen MR) is 89.0 cm³/mol. The Hall–Kier alpha value is -1.39. The maximum Gasteiger partial charge on any atom is 0.0485 e. The molecule has 1 aromatic carbocycles. The van der Waals surface area contributed by atoms with Gasteiger partial charge in [-0.2, -0.15) is 0 Å². The second-order valence-corrected chi connectivity index (χ2v) is 6.96. The number of hydrogen-bond acceptors (Lipinski definition) is 4. The van der Waals surface area contributed by atoms with Crippen LogP contribution in [0.2, 0.25) is 0 Å². The van der Waals surface area contributed by atoms with Crippen LogP contribution in [0.3, 0.4) is 0 Å². The molecule has 1 aromatic heterocycles. The van der Waals surface area contributed by atoms with Crippen LogP contribution in [0, 0.1) is 0 Å². The molecule has 2 aromatic rings. The van der Waals surface area contributed by atoms with Crippen LogP contribution in [-0.2, 0) is 0 Å². The van der Waals surface area contributed by atoms with Gasteiger partial charge in [-0.25, -0.2) is 4.37 Å². The number of fused-ring (bicyclic) bond motifs is 1. The van der Waals surface area contributed by atoms with Crippen molar-refractivity contribution < 1.29 is 0 Å². The van der Waals surface area contributed by atoms with Gasteiger partial charge in [0.2, 0.25) is 0 Å². The normalized spacial score (nSPS) is 25.0. The molecule has 110 valence electrons. The van der Waals surface area contributed by atoms with E-state index in [1.54, 1.807) is 0 Å². The minimum absolute atomic E-state index is 0.650. The van der Waals surface area contributed by atoms with Crippen molar-refractivity contribution in [2.24, 2.45) is 0 Å². The molecule has 0 bridgehead atoms. The zero-order valence-corrected chi connectivity index (χ0v) is 13.2. The molecule has 2 atom stereocenters. The fourth-order valence-corrected chi connectivity index (χ4v) is 4.29. The Kier molecular flexibility index (Phi) is 3.43. The lowest BCUT2D eigenvalue weighted by Gasteiger charge is -2.23. The molecule has 0 amide bonds. The number of aromatic nitrogens is 1. The van der Waals surface area contributed by atoms with Crippen LogP contribution in [0.4, 0.5) is 5.69 Å². The first-order valence-electron chi connectivity index (χ1n) is 7.79. The van der Waals surface area contributed by atoms with Crippen molar-refractivity contribution in [3.8, 4) is 11.1 Å². The third-order valence-electron chi connectivity index (χ3n) is 5.02. The van der Waals surface area contributed by atoms with Crippen LogP contribution in [0.15, 0.2) is 29.8 Å². The highest BCUT2D eigenvalue weighted by molar-refractivity contribution is 7.03. The lowest BCUT2D eigenvalue weighted by Crippen LogP contribution is -2.27. The zero-order valence-electron chi connectivity index (χ0n) is 12.4. The van der Waals surface area contributed by atoms with Gasteiger partial charge in [-0.15, -0.1) is 0 Å². The number of hydrogen-bond donors (Lipinski definition) is 1. The van der Waals surface area contributed by atoms with E-state index in [1.165, 1.54) is 59.7 Å². The number of likely N-dealkylation sites (tertiary alicyclic amines) is 1. The molecule has 21 heavy (non-hydrogen) atoms. The highest BCUT2D eigenvalue weighted by Crippen LogP contribution is 2.39. The molecule has 3 heterocycles. The molecule has 1 unspecified atom stereocenters. The van der Waals surface area contributed by atoms with Gasteiger partial charge < -0.3 is 10.2 Å². The number of nitrogens with one attached hydrogen (secondary N) is 1. The van der Waals surface area contributed by atoms with Crippen LogP contribution in [0.5, 0.6) is 0 Å². The van der Waals surface area contributed by atoms with Gasteiger partial charge in [-0.3, -0.25) is 0 Å². The van der Waals surface area contributed by atoms with E-state index >= 15 is 0 Å². The SMILES string of the molecule is CN1CCC[C@@H]1CC1CNc2ccc(-c3cnsc3)cc21. The molecule has 0 radical (unpaired) electrons. The largest absolute Gasteiger partial charge is 0.384 e. The highest BCUT2D eigenvalue weighted by Gasteiger charge is 2.29. The van der Waals surface area contributed by atoms with Crippen molar-refractivity contribution in [2.45, 2.75) is 31.2 Å². The number of rotatable bonds is 3. The first-order valence-corrected chi connectivity index (χ1v) is 8.63. The van der Waals surface area contributed by atoms with E-state index in [1.807, 2.05) is 6.20 Å². The quantitative estimate of drug-likeness (QED) is 0.934. The van der Waals surface area contributed by atoms with Gasteiger partial charge in [0.1, 0.15) is 0 Å². The molecule has 1 fully saturated rings. The van der Waals surface area contributed by atoms with Crippen LogP contribution >= 0.6 is 11.5 Å². The molecule has 4 rings (SSSR count). The fraction of sp³-hybridized carbons (Fsp3) is 0.471. The number of anilines is 1. The molecule has 1 N–H and O–H groups in total. The van der Waals surface area contributed by atoms with E-state index in [2.05, 4.69) is 45.2 Å². The summed E-state index contributed by atoms with van der Waals surface area (Å²) in [5.74, 6) is 0.650. The summed E-state index contributed by atoms with van der Waals surface area (Å²) in [4.78, 5) is 2.53. The number of nitrogens with zero attached hydrogens (tertiary/aromatic N) is 2. The minimum atomic E-state index is 0.650. The Balaban J connectivity index is 1.59. The molecule has 2 aliphatic heterocycles. The monoisotopic (exact) mass is 299 g/mol. The molecule has 0 aliphatic carbocycles. The van der Waals surface area contributed by atoms with Crippen LogP contribution < -0.4 is 5.32 Å². The van der Waals surface area contributed by atoms with Gasteiger partial charge in [0, 0.05) is 41.3 Å². The fourth-order valence-electron chi connectivity index (χ4n) is 3.75. The molecule has 0 spiro atoms. The first-order chi connectivity index (χ1) is 10.3. The van der Waals surface area contributed by atoms with Gasteiger partial charge in [-0.1, -0.05) is 6.07 Å². The summed E-state index contributed by atoms with van der Waals surface area (Å²) in [5, 5.41) is 5.71. The molecule has 2 aliphatic rings. The van der Waals surface area contributed by atoms with Crippen LogP contribution in [0.1, 0.15) is 30.7 Å². The zero-order chi connectivity index (χ0) is 14.2. The molecule has 0 saturated carbocycles. The minimum Gasteiger partial charge on any atom is -0.384 e. The second kappa shape index (κ2) is 5.43. The van der Waals surface area contributed by atoms with Crippen molar-refractivity contribution in [2.75, 3.05) is 25.5 Å². The second-order valence-electron chi connectivity index (χ2n) is 6.31. The summed E-state index contributed by atoms with van der Waals surface area (Å²) < 4.78 is 4.22. The van der Waals surface area contributed by atoms with E-state index in [4.69, 9.17) is 0 Å². The highest BCUT2D eigenvalue weighted by atomic mass is 32.1. The van der Waals surface area contributed by atoms with E-state index in [0.29, 0.717) is 5.92 Å². The lowest BCUT2D eigenvalue weighted by atomic mass is 9.91. The van der Waals surface area contributed by atoms with E-state index in [9.17, 15) is 0 Å². The molecule has 1 saturated heterocycles. The Bertz CT molecular complexity index is 623. The van der Waals surface area contributed by atoms with Gasteiger partial charge in [0.25, 0.3) is 0 Å². The Morgan fingerprint density at radius 1 is 1.38 bits per heavy atom. The topological polar surface area (TPSA) is 28.2 Å².